The van der Waals surface area contributed by atoms with E-state index in [1.165, 1.54) is 38.7 Å². The Hall–Kier alpha value is -3.84. The molecule has 0 N–H and O–H groups in total. The van der Waals surface area contributed by atoms with Gasteiger partial charge < -0.3 is 4.90 Å². The van der Waals surface area contributed by atoms with Crippen LogP contribution in [-0.4, -0.2) is 0 Å². The highest BCUT2D eigenvalue weighted by Gasteiger charge is 2.22. The Bertz CT molecular complexity index is 1310. The molecule has 0 spiro atoms. The average molecular weight is 400 g/mol. The van der Waals surface area contributed by atoms with Gasteiger partial charge in [-0.3, -0.25) is 0 Å². The SMILES string of the molecule is C=C1/C=C\C=C/Cc2cc3ccccc3c(-c3ccc(C)cc3)c2N1c1ccccc1. The summed E-state index contributed by atoms with van der Waals surface area (Å²) in [5, 5.41) is 2.52. The van der Waals surface area contributed by atoms with E-state index in [0.717, 1.165) is 17.8 Å². The fraction of sp³-hybridized carbons (Fsp3) is 0.0667. The topological polar surface area (TPSA) is 3.24 Å². The van der Waals surface area contributed by atoms with E-state index < -0.39 is 0 Å². The van der Waals surface area contributed by atoms with Crippen LogP contribution in [0.3, 0.4) is 0 Å². The first-order valence-electron chi connectivity index (χ1n) is 10.7. The highest BCUT2D eigenvalue weighted by Crippen LogP contribution is 2.45. The maximum Gasteiger partial charge on any atom is 0.0581 e. The fourth-order valence-corrected chi connectivity index (χ4v) is 4.35. The predicted molar refractivity (Wildman–Crippen MR) is 134 cm³/mol. The summed E-state index contributed by atoms with van der Waals surface area (Å²) in [5.74, 6) is 0. The first-order chi connectivity index (χ1) is 15.2. The van der Waals surface area contributed by atoms with E-state index in [1.54, 1.807) is 0 Å². The Morgan fingerprint density at radius 2 is 1.55 bits per heavy atom. The zero-order valence-corrected chi connectivity index (χ0v) is 17.8. The number of hydrogen-bond acceptors (Lipinski definition) is 1. The Morgan fingerprint density at radius 1 is 0.806 bits per heavy atom. The number of hydrogen-bond donors (Lipinski definition) is 0. The molecule has 1 heteroatoms. The number of aryl methyl sites for hydroxylation is 1. The van der Waals surface area contributed by atoms with E-state index in [1.807, 2.05) is 0 Å². The number of fused-ring (bicyclic) bond motifs is 2. The molecule has 1 aliphatic rings. The molecule has 5 rings (SSSR count). The molecule has 0 radical (unpaired) electrons. The van der Waals surface area contributed by atoms with Gasteiger partial charge >= 0.3 is 0 Å². The van der Waals surface area contributed by atoms with Crippen LogP contribution in [0, 0.1) is 6.92 Å². The molecular weight excluding hydrogens is 374 g/mol. The molecule has 0 aromatic heterocycles. The number of benzene rings is 4. The third-order valence-corrected chi connectivity index (χ3v) is 5.84. The summed E-state index contributed by atoms with van der Waals surface area (Å²) in [5.41, 5.74) is 8.29. The van der Waals surface area contributed by atoms with Gasteiger partial charge in [-0.1, -0.05) is 97.1 Å². The lowest BCUT2D eigenvalue weighted by molar-refractivity contribution is 1.17. The second-order valence-electron chi connectivity index (χ2n) is 8.00. The molecule has 150 valence electrons. The van der Waals surface area contributed by atoms with E-state index >= 15 is 0 Å². The van der Waals surface area contributed by atoms with Gasteiger partial charge in [-0.15, -0.1) is 0 Å². The molecule has 0 saturated heterocycles. The van der Waals surface area contributed by atoms with Crippen LogP contribution in [0.1, 0.15) is 11.1 Å². The highest BCUT2D eigenvalue weighted by atomic mass is 15.1. The molecule has 31 heavy (non-hydrogen) atoms. The Balaban J connectivity index is 1.91. The van der Waals surface area contributed by atoms with Crippen LogP contribution in [-0.2, 0) is 6.42 Å². The summed E-state index contributed by atoms with van der Waals surface area (Å²) in [6.07, 6.45) is 9.37. The number of para-hydroxylation sites is 1. The molecule has 4 aromatic carbocycles. The summed E-state index contributed by atoms with van der Waals surface area (Å²) in [4.78, 5) is 2.31. The molecule has 0 aliphatic carbocycles. The van der Waals surface area contributed by atoms with Gasteiger partial charge in [0.25, 0.3) is 0 Å². The van der Waals surface area contributed by atoms with Crippen LogP contribution in [0.15, 0.2) is 122 Å². The quantitative estimate of drug-likeness (QED) is 0.329. The molecule has 1 heterocycles. The largest absolute Gasteiger partial charge is 0.310 e. The van der Waals surface area contributed by atoms with Crippen molar-refractivity contribution in [3.63, 3.8) is 0 Å². The molecule has 0 unspecified atom stereocenters. The van der Waals surface area contributed by atoms with Gasteiger partial charge in [0.15, 0.2) is 0 Å². The molecule has 0 amide bonds. The van der Waals surface area contributed by atoms with Gasteiger partial charge in [0, 0.05) is 16.9 Å². The van der Waals surface area contributed by atoms with Gasteiger partial charge in [0.2, 0.25) is 0 Å². The zero-order chi connectivity index (χ0) is 21.2. The summed E-state index contributed by atoms with van der Waals surface area (Å²) in [6, 6.07) is 30.4. The first kappa shape index (κ1) is 19.1. The smallest absolute Gasteiger partial charge is 0.0581 e. The van der Waals surface area contributed by atoms with Crippen molar-refractivity contribution in [1.82, 2.24) is 0 Å². The van der Waals surface area contributed by atoms with Crippen molar-refractivity contribution in [2.24, 2.45) is 0 Å². The number of rotatable bonds is 2. The van der Waals surface area contributed by atoms with Crippen LogP contribution in [0.25, 0.3) is 21.9 Å². The normalized spacial score (nSPS) is 15.6. The van der Waals surface area contributed by atoms with E-state index in [4.69, 9.17) is 0 Å². The van der Waals surface area contributed by atoms with Crippen molar-refractivity contribution in [3.05, 3.63) is 133 Å². The minimum atomic E-state index is 0.861. The first-order valence-corrected chi connectivity index (χ1v) is 10.7. The van der Waals surface area contributed by atoms with Crippen LogP contribution < -0.4 is 4.90 Å². The van der Waals surface area contributed by atoms with Crippen LogP contribution in [0.2, 0.25) is 0 Å². The molecular formula is C30H25N. The molecule has 0 atom stereocenters. The Morgan fingerprint density at radius 3 is 2.35 bits per heavy atom. The molecule has 0 bridgehead atoms. The Labute approximate surface area is 184 Å². The molecule has 0 saturated carbocycles. The summed E-state index contributed by atoms with van der Waals surface area (Å²) < 4.78 is 0. The van der Waals surface area contributed by atoms with Gasteiger partial charge in [0.1, 0.15) is 0 Å². The lowest BCUT2D eigenvalue weighted by Crippen LogP contribution is -2.17. The van der Waals surface area contributed by atoms with Crippen molar-refractivity contribution in [2.75, 3.05) is 4.90 Å². The third-order valence-electron chi connectivity index (χ3n) is 5.84. The minimum Gasteiger partial charge on any atom is -0.310 e. The van der Waals surface area contributed by atoms with Crippen LogP contribution >= 0.6 is 0 Å². The second-order valence-corrected chi connectivity index (χ2v) is 8.00. The van der Waals surface area contributed by atoms with Crippen LogP contribution in [0.5, 0.6) is 0 Å². The van der Waals surface area contributed by atoms with Gasteiger partial charge in [-0.05, 0) is 59.5 Å². The Kier molecular flexibility index (Phi) is 5.01. The lowest BCUT2D eigenvalue weighted by Gasteiger charge is -2.31. The van der Waals surface area contributed by atoms with Crippen LogP contribution in [0.4, 0.5) is 11.4 Å². The van der Waals surface area contributed by atoms with Gasteiger partial charge in [-0.25, -0.2) is 0 Å². The van der Waals surface area contributed by atoms with Gasteiger partial charge in [-0.2, -0.15) is 0 Å². The van der Waals surface area contributed by atoms with E-state index in [2.05, 4.69) is 128 Å². The lowest BCUT2D eigenvalue weighted by atomic mass is 9.90. The summed E-state index contributed by atoms with van der Waals surface area (Å²) >= 11 is 0. The molecule has 1 nitrogen and oxygen atoms in total. The van der Waals surface area contributed by atoms with E-state index in [0.29, 0.717) is 0 Å². The highest BCUT2D eigenvalue weighted by molar-refractivity contribution is 6.06. The molecule has 0 fully saturated rings. The van der Waals surface area contributed by atoms with Gasteiger partial charge in [0.05, 0.1) is 5.69 Å². The van der Waals surface area contributed by atoms with E-state index in [9.17, 15) is 0 Å². The maximum absolute atomic E-state index is 4.45. The predicted octanol–water partition coefficient (Wildman–Crippen LogP) is 8.14. The standard InChI is InChI=1S/C30H25N/c1-22-17-19-24(20-18-22)29-28-16-10-9-12-25(28)21-26-13-6-3-5-11-23(2)31(30(26)29)27-14-7-4-8-15-27/h3-12,14-21H,2,13H2,1H3/b6-3-,11-5-. The third kappa shape index (κ3) is 3.60. The van der Waals surface area contributed by atoms with Crippen molar-refractivity contribution < 1.29 is 0 Å². The summed E-state index contributed by atoms with van der Waals surface area (Å²) in [7, 11) is 0. The number of nitrogens with zero attached hydrogens (tertiary/aromatic N) is 1. The monoisotopic (exact) mass is 399 g/mol. The molecule has 4 aromatic rings. The zero-order valence-electron chi connectivity index (χ0n) is 17.8. The molecule has 1 aliphatic heterocycles. The van der Waals surface area contributed by atoms with Crippen molar-refractivity contribution in [3.8, 4) is 11.1 Å². The number of anilines is 2. The number of allylic oxidation sites excluding steroid dienone is 4. The average Bonchev–Trinajstić information content (AvgIpc) is 2.87. The summed E-state index contributed by atoms with van der Waals surface area (Å²) in [6.45, 7) is 6.58. The van der Waals surface area contributed by atoms with E-state index in [-0.39, 0.29) is 0 Å². The fourth-order valence-electron chi connectivity index (χ4n) is 4.35. The van der Waals surface area contributed by atoms with Crippen molar-refractivity contribution in [1.29, 1.82) is 0 Å². The van der Waals surface area contributed by atoms with Crippen molar-refractivity contribution >= 4 is 22.1 Å². The second kappa shape index (κ2) is 8.12. The minimum absolute atomic E-state index is 0.861. The van der Waals surface area contributed by atoms with Crippen molar-refractivity contribution in [2.45, 2.75) is 13.3 Å². The maximum atomic E-state index is 4.45.